The Morgan fingerprint density at radius 1 is 1.38 bits per heavy atom. The van der Waals surface area contributed by atoms with E-state index >= 15 is 0 Å². The second-order valence-electron chi connectivity index (χ2n) is 5.07. The summed E-state index contributed by atoms with van der Waals surface area (Å²) >= 11 is 1.39. The van der Waals surface area contributed by atoms with E-state index in [1.807, 2.05) is 18.2 Å². The number of anilines is 2. The number of aromatic nitrogens is 4. The number of fused-ring (bicyclic) bond motifs is 2. The lowest BCUT2D eigenvalue weighted by molar-refractivity contribution is 0.0529. The van der Waals surface area contributed by atoms with Crippen LogP contribution in [0.2, 0.25) is 0 Å². The van der Waals surface area contributed by atoms with Crippen LogP contribution in [0.25, 0.3) is 21.1 Å². The van der Waals surface area contributed by atoms with Crippen LogP contribution in [0.5, 0.6) is 0 Å². The normalized spacial score (nSPS) is 11.0. The first kappa shape index (κ1) is 14.6. The Morgan fingerprint density at radius 3 is 3.17 bits per heavy atom. The van der Waals surface area contributed by atoms with Gasteiger partial charge in [0.15, 0.2) is 0 Å². The van der Waals surface area contributed by atoms with Crippen LogP contribution < -0.4 is 5.32 Å². The zero-order valence-electron chi connectivity index (χ0n) is 12.7. The lowest BCUT2D eigenvalue weighted by atomic mass is 10.2. The highest BCUT2D eigenvalue weighted by Gasteiger charge is 2.18. The summed E-state index contributed by atoms with van der Waals surface area (Å²) in [5, 5.41) is 13.6. The van der Waals surface area contributed by atoms with Gasteiger partial charge in [0.25, 0.3) is 0 Å². The Labute approximate surface area is 140 Å². The maximum atomic E-state index is 12.2. The third-order valence-electron chi connectivity index (χ3n) is 3.57. The first-order valence-corrected chi connectivity index (χ1v) is 8.23. The molecule has 3 aromatic heterocycles. The van der Waals surface area contributed by atoms with Crippen LogP contribution in [-0.4, -0.2) is 32.7 Å². The molecule has 8 heteroatoms. The summed E-state index contributed by atoms with van der Waals surface area (Å²) in [6, 6.07) is 5.83. The van der Waals surface area contributed by atoms with E-state index in [4.69, 9.17) is 4.74 Å². The number of H-pyrrole nitrogens is 1. The Morgan fingerprint density at radius 2 is 2.29 bits per heavy atom. The van der Waals surface area contributed by atoms with E-state index in [-0.39, 0.29) is 5.97 Å². The molecular formula is C16H13N5O2S. The van der Waals surface area contributed by atoms with Crippen LogP contribution in [0, 0.1) is 0 Å². The molecule has 120 valence electrons. The van der Waals surface area contributed by atoms with Gasteiger partial charge >= 0.3 is 5.97 Å². The topological polar surface area (TPSA) is 92.8 Å². The fraction of sp³-hybridized carbons (Fsp3) is 0.125. The molecule has 0 spiro atoms. The molecule has 2 N–H and O–H groups in total. The molecule has 0 bridgehead atoms. The molecule has 4 rings (SSSR count). The number of nitrogens with one attached hydrogen (secondary N) is 2. The summed E-state index contributed by atoms with van der Waals surface area (Å²) in [6.45, 7) is 2.10. The van der Waals surface area contributed by atoms with Crippen molar-refractivity contribution in [3.05, 3.63) is 41.7 Å². The lowest BCUT2D eigenvalue weighted by Crippen LogP contribution is -2.05. The van der Waals surface area contributed by atoms with Gasteiger partial charge in [0.2, 0.25) is 0 Å². The van der Waals surface area contributed by atoms with Gasteiger partial charge in [-0.25, -0.2) is 14.8 Å². The van der Waals surface area contributed by atoms with E-state index in [2.05, 4.69) is 25.5 Å². The number of ether oxygens (including phenoxy) is 1. The van der Waals surface area contributed by atoms with Crippen LogP contribution in [0.4, 0.5) is 11.5 Å². The summed E-state index contributed by atoms with van der Waals surface area (Å²) in [5.41, 5.74) is 2.23. The maximum Gasteiger partial charge on any atom is 0.339 e. The van der Waals surface area contributed by atoms with Gasteiger partial charge in [-0.05, 0) is 25.1 Å². The SMILES string of the molecule is CCOC(=O)c1csc2ncnc(Nc3ccc4cn[nH]c4c3)c12. The number of carbonyl (C=O) groups is 1. The Bertz CT molecular complexity index is 1040. The van der Waals surface area contributed by atoms with Gasteiger partial charge in [-0.1, -0.05) is 0 Å². The standard InChI is InChI=1S/C16H13N5O2S/c1-2-23-16(22)11-7-24-15-13(11)14(17-8-18-15)20-10-4-3-9-6-19-21-12(9)5-10/h3-8H,2H2,1H3,(H,19,21)(H,17,18,20). The fourth-order valence-corrected chi connectivity index (χ4v) is 3.36. The quantitative estimate of drug-likeness (QED) is 0.553. The molecule has 3 heterocycles. The summed E-state index contributed by atoms with van der Waals surface area (Å²) in [7, 11) is 0. The average molecular weight is 339 g/mol. The molecule has 0 unspecified atom stereocenters. The minimum Gasteiger partial charge on any atom is -0.462 e. The molecule has 0 amide bonds. The van der Waals surface area contributed by atoms with Crippen LogP contribution in [-0.2, 0) is 4.74 Å². The number of hydrogen-bond acceptors (Lipinski definition) is 7. The van der Waals surface area contributed by atoms with E-state index in [1.54, 1.807) is 18.5 Å². The van der Waals surface area contributed by atoms with Crippen molar-refractivity contribution >= 4 is 49.9 Å². The molecule has 7 nitrogen and oxygen atoms in total. The molecule has 24 heavy (non-hydrogen) atoms. The van der Waals surface area contributed by atoms with Crippen LogP contribution in [0.15, 0.2) is 36.1 Å². The van der Waals surface area contributed by atoms with Gasteiger partial charge in [0, 0.05) is 16.5 Å². The minimum atomic E-state index is -0.370. The summed E-state index contributed by atoms with van der Waals surface area (Å²) in [6.07, 6.45) is 3.24. The van der Waals surface area contributed by atoms with E-state index in [1.165, 1.54) is 17.7 Å². The Balaban J connectivity index is 1.77. The first-order chi connectivity index (χ1) is 11.8. The highest BCUT2D eigenvalue weighted by atomic mass is 32.1. The molecule has 0 aliphatic rings. The summed E-state index contributed by atoms with van der Waals surface area (Å²) < 4.78 is 5.12. The number of esters is 1. The largest absolute Gasteiger partial charge is 0.462 e. The third kappa shape index (κ3) is 2.46. The zero-order valence-corrected chi connectivity index (χ0v) is 13.6. The number of carbonyl (C=O) groups excluding carboxylic acids is 1. The molecule has 4 aromatic rings. The van der Waals surface area contributed by atoms with Crippen molar-refractivity contribution in [2.45, 2.75) is 6.92 Å². The molecule has 0 aliphatic carbocycles. The molecule has 0 atom stereocenters. The van der Waals surface area contributed by atoms with Crippen molar-refractivity contribution in [3.8, 4) is 0 Å². The predicted octanol–water partition coefficient (Wildman–Crippen LogP) is 3.49. The van der Waals surface area contributed by atoms with Gasteiger partial charge in [-0.15, -0.1) is 11.3 Å². The van der Waals surface area contributed by atoms with Crippen molar-refractivity contribution in [2.24, 2.45) is 0 Å². The van der Waals surface area contributed by atoms with Crippen molar-refractivity contribution in [2.75, 3.05) is 11.9 Å². The smallest absolute Gasteiger partial charge is 0.339 e. The minimum absolute atomic E-state index is 0.323. The molecule has 0 aliphatic heterocycles. The maximum absolute atomic E-state index is 12.2. The number of hydrogen-bond donors (Lipinski definition) is 2. The Hall–Kier alpha value is -3.00. The zero-order chi connectivity index (χ0) is 16.5. The fourth-order valence-electron chi connectivity index (χ4n) is 2.48. The third-order valence-corrected chi connectivity index (χ3v) is 4.46. The average Bonchev–Trinajstić information content (AvgIpc) is 3.21. The van der Waals surface area contributed by atoms with E-state index in [0.29, 0.717) is 23.4 Å². The van der Waals surface area contributed by atoms with Crippen molar-refractivity contribution < 1.29 is 9.53 Å². The Kier molecular flexibility index (Phi) is 3.58. The van der Waals surface area contributed by atoms with Gasteiger partial charge in [-0.2, -0.15) is 5.10 Å². The van der Waals surface area contributed by atoms with E-state index in [9.17, 15) is 4.79 Å². The monoisotopic (exact) mass is 339 g/mol. The number of benzene rings is 1. The number of thiophene rings is 1. The van der Waals surface area contributed by atoms with Gasteiger partial charge in [0.1, 0.15) is 17.0 Å². The van der Waals surface area contributed by atoms with E-state index in [0.717, 1.165) is 21.4 Å². The predicted molar refractivity (Wildman–Crippen MR) is 92.7 cm³/mol. The van der Waals surface area contributed by atoms with Crippen LogP contribution >= 0.6 is 11.3 Å². The van der Waals surface area contributed by atoms with Gasteiger partial charge in [0.05, 0.1) is 29.3 Å². The van der Waals surface area contributed by atoms with Crippen molar-refractivity contribution in [3.63, 3.8) is 0 Å². The number of rotatable bonds is 4. The van der Waals surface area contributed by atoms with Crippen LogP contribution in [0.1, 0.15) is 17.3 Å². The molecule has 0 fully saturated rings. The molecule has 0 radical (unpaired) electrons. The number of nitrogens with zero attached hydrogens (tertiary/aromatic N) is 3. The summed E-state index contributed by atoms with van der Waals surface area (Å²) in [4.78, 5) is 21.4. The van der Waals surface area contributed by atoms with Crippen LogP contribution in [0.3, 0.4) is 0 Å². The highest BCUT2D eigenvalue weighted by Crippen LogP contribution is 2.31. The first-order valence-electron chi connectivity index (χ1n) is 7.35. The number of aromatic amines is 1. The lowest BCUT2D eigenvalue weighted by Gasteiger charge is -2.08. The molecule has 0 saturated carbocycles. The molecule has 1 aromatic carbocycles. The molecule has 0 saturated heterocycles. The van der Waals surface area contributed by atoms with Gasteiger partial charge < -0.3 is 10.1 Å². The van der Waals surface area contributed by atoms with E-state index < -0.39 is 0 Å². The second kappa shape index (κ2) is 5.89. The highest BCUT2D eigenvalue weighted by molar-refractivity contribution is 7.17. The van der Waals surface area contributed by atoms with Gasteiger partial charge in [-0.3, -0.25) is 5.10 Å². The van der Waals surface area contributed by atoms with Crippen molar-refractivity contribution in [1.82, 2.24) is 20.2 Å². The second-order valence-corrected chi connectivity index (χ2v) is 5.93. The summed E-state index contributed by atoms with van der Waals surface area (Å²) in [5.74, 6) is 0.203. The molecular weight excluding hydrogens is 326 g/mol. The van der Waals surface area contributed by atoms with Crippen molar-refractivity contribution in [1.29, 1.82) is 0 Å².